The fourth-order valence-corrected chi connectivity index (χ4v) is 3.90. The Kier molecular flexibility index (Phi) is 4.99. The lowest BCUT2D eigenvalue weighted by molar-refractivity contribution is 0.0611. The first-order valence-corrected chi connectivity index (χ1v) is 9.56. The minimum Gasteiger partial charge on any atom is -0.331 e. The van der Waals surface area contributed by atoms with E-state index in [-0.39, 0.29) is 11.9 Å². The largest absolute Gasteiger partial charge is 0.331 e. The first-order valence-electron chi connectivity index (χ1n) is 9.18. The van der Waals surface area contributed by atoms with Crippen LogP contribution in [0, 0.1) is 0 Å². The summed E-state index contributed by atoms with van der Waals surface area (Å²) in [6, 6.07) is 9.99. The molecule has 1 fully saturated rings. The van der Waals surface area contributed by atoms with Gasteiger partial charge < -0.3 is 4.90 Å². The molecule has 140 valence electrons. The van der Waals surface area contributed by atoms with E-state index < -0.39 is 0 Å². The van der Waals surface area contributed by atoms with Gasteiger partial charge in [-0.2, -0.15) is 10.2 Å². The van der Waals surface area contributed by atoms with Crippen LogP contribution in [0.1, 0.15) is 46.8 Å². The number of amides is 1. The van der Waals surface area contributed by atoms with Gasteiger partial charge in [-0.25, -0.2) is 4.68 Å². The maximum Gasteiger partial charge on any atom is 0.259 e. The van der Waals surface area contributed by atoms with Crippen molar-refractivity contribution in [1.82, 2.24) is 24.5 Å². The van der Waals surface area contributed by atoms with Crippen LogP contribution in [0.15, 0.2) is 48.9 Å². The van der Waals surface area contributed by atoms with Gasteiger partial charge in [-0.15, -0.1) is 0 Å². The van der Waals surface area contributed by atoms with Gasteiger partial charge in [0.25, 0.3) is 5.91 Å². The number of likely N-dealkylation sites (tertiary alicyclic amines) is 1. The Morgan fingerprint density at radius 3 is 2.74 bits per heavy atom. The summed E-state index contributed by atoms with van der Waals surface area (Å²) in [6.07, 6.45) is 8.45. The van der Waals surface area contributed by atoms with E-state index in [2.05, 4.69) is 10.2 Å². The normalized spacial score (nSPS) is 17.3. The van der Waals surface area contributed by atoms with E-state index in [1.807, 2.05) is 54.7 Å². The number of carbonyl (C=O) groups is 1. The van der Waals surface area contributed by atoms with Gasteiger partial charge in [-0.05, 0) is 24.8 Å². The van der Waals surface area contributed by atoms with Crippen LogP contribution in [0.25, 0.3) is 0 Å². The number of piperidine rings is 1. The van der Waals surface area contributed by atoms with Crippen molar-refractivity contribution < 1.29 is 4.79 Å². The molecule has 1 amide bonds. The molecule has 0 bridgehead atoms. The van der Waals surface area contributed by atoms with Gasteiger partial charge >= 0.3 is 0 Å². The number of benzene rings is 1. The summed E-state index contributed by atoms with van der Waals surface area (Å²) in [5.74, 6) is -0.0622. The third kappa shape index (κ3) is 3.62. The van der Waals surface area contributed by atoms with E-state index in [4.69, 9.17) is 11.6 Å². The molecule has 1 aromatic carbocycles. The molecule has 3 aromatic rings. The summed E-state index contributed by atoms with van der Waals surface area (Å²) in [4.78, 5) is 15.2. The number of nitrogens with zero attached hydrogens (tertiary/aromatic N) is 5. The topological polar surface area (TPSA) is 56.0 Å². The van der Waals surface area contributed by atoms with Gasteiger partial charge in [0.15, 0.2) is 0 Å². The zero-order chi connectivity index (χ0) is 18.8. The third-order valence-corrected chi connectivity index (χ3v) is 5.45. The minimum atomic E-state index is -0.0622. The lowest BCUT2D eigenvalue weighted by Crippen LogP contribution is -2.38. The number of halogens is 1. The molecule has 0 saturated carbocycles. The zero-order valence-corrected chi connectivity index (χ0v) is 16.0. The Labute approximate surface area is 163 Å². The number of rotatable bonds is 4. The quantitative estimate of drug-likeness (QED) is 0.690. The van der Waals surface area contributed by atoms with E-state index in [1.165, 1.54) is 0 Å². The average molecular weight is 384 g/mol. The Morgan fingerprint density at radius 2 is 2.00 bits per heavy atom. The van der Waals surface area contributed by atoms with Crippen LogP contribution in [-0.2, 0) is 13.6 Å². The van der Waals surface area contributed by atoms with Crippen LogP contribution in [0.5, 0.6) is 0 Å². The van der Waals surface area contributed by atoms with E-state index in [9.17, 15) is 4.79 Å². The first-order chi connectivity index (χ1) is 13.1. The van der Waals surface area contributed by atoms with Gasteiger partial charge in [-0.1, -0.05) is 41.9 Å². The molecule has 1 saturated heterocycles. The molecule has 1 aliphatic heterocycles. The molecule has 27 heavy (non-hydrogen) atoms. The minimum absolute atomic E-state index is 0.0356. The molecule has 2 aromatic heterocycles. The number of aromatic nitrogens is 4. The smallest absolute Gasteiger partial charge is 0.259 e. The third-order valence-electron chi connectivity index (χ3n) is 5.05. The molecule has 0 spiro atoms. The molecule has 1 aliphatic rings. The molecule has 4 rings (SSSR count). The van der Waals surface area contributed by atoms with Crippen LogP contribution >= 0.6 is 11.6 Å². The highest BCUT2D eigenvalue weighted by Gasteiger charge is 2.31. The standard InChI is InChI=1S/C20H22ClN5O/c1-24-14-16(11-22-24)18-9-5-6-10-25(18)20(27)17-12-23-26(19(17)21)13-15-7-3-2-4-8-15/h2-4,7-8,11-12,14,18H,5-6,9-10,13H2,1H3. The number of hydrogen-bond donors (Lipinski definition) is 0. The predicted octanol–water partition coefficient (Wildman–Crippen LogP) is 3.69. The van der Waals surface area contributed by atoms with Crippen LogP contribution in [0.2, 0.25) is 5.15 Å². The molecule has 6 nitrogen and oxygen atoms in total. The summed E-state index contributed by atoms with van der Waals surface area (Å²) in [6.45, 7) is 1.26. The molecular weight excluding hydrogens is 362 g/mol. The van der Waals surface area contributed by atoms with E-state index in [0.29, 0.717) is 17.3 Å². The van der Waals surface area contributed by atoms with Gasteiger partial charge in [0.2, 0.25) is 0 Å². The summed E-state index contributed by atoms with van der Waals surface area (Å²) >= 11 is 6.52. The Hall–Kier alpha value is -2.60. The Balaban J connectivity index is 1.58. The highest BCUT2D eigenvalue weighted by atomic mass is 35.5. The molecule has 0 radical (unpaired) electrons. The molecule has 1 unspecified atom stereocenters. The van der Waals surface area contributed by atoms with E-state index in [0.717, 1.165) is 36.9 Å². The van der Waals surface area contributed by atoms with Crippen LogP contribution < -0.4 is 0 Å². The molecule has 7 heteroatoms. The van der Waals surface area contributed by atoms with E-state index in [1.54, 1.807) is 15.6 Å². The van der Waals surface area contributed by atoms with Crippen LogP contribution in [-0.4, -0.2) is 36.9 Å². The summed E-state index contributed by atoms with van der Waals surface area (Å²) in [5, 5.41) is 9.00. The second-order valence-corrected chi connectivity index (χ2v) is 7.31. The number of carbonyl (C=O) groups excluding carboxylic acids is 1. The maximum absolute atomic E-state index is 13.2. The van der Waals surface area contributed by atoms with Crippen molar-refractivity contribution in [2.45, 2.75) is 31.8 Å². The van der Waals surface area contributed by atoms with Crippen molar-refractivity contribution in [1.29, 1.82) is 0 Å². The van der Waals surface area contributed by atoms with Crippen molar-refractivity contribution in [2.24, 2.45) is 7.05 Å². The van der Waals surface area contributed by atoms with Crippen LogP contribution in [0.3, 0.4) is 0 Å². The summed E-state index contributed by atoms with van der Waals surface area (Å²) < 4.78 is 3.45. The average Bonchev–Trinajstić information content (AvgIpc) is 3.28. The second kappa shape index (κ2) is 7.56. The molecule has 0 aliphatic carbocycles. The van der Waals surface area contributed by atoms with Crippen molar-refractivity contribution in [3.8, 4) is 0 Å². The van der Waals surface area contributed by atoms with Gasteiger partial charge in [0.05, 0.1) is 30.5 Å². The van der Waals surface area contributed by atoms with Crippen molar-refractivity contribution in [3.63, 3.8) is 0 Å². The van der Waals surface area contributed by atoms with Gasteiger partial charge in [0, 0.05) is 25.4 Å². The zero-order valence-electron chi connectivity index (χ0n) is 15.3. The number of hydrogen-bond acceptors (Lipinski definition) is 3. The van der Waals surface area contributed by atoms with Gasteiger partial charge in [0.1, 0.15) is 5.15 Å². The highest BCUT2D eigenvalue weighted by molar-refractivity contribution is 6.32. The maximum atomic E-state index is 13.2. The SMILES string of the molecule is Cn1cc(C2CCCCN2C(=O)c2cnn(Cc3ccccc3)c2Cl)cn1. The fourth-order valence-electron chi connectivity index (χ4n) is 3.67. The lowest BCUT2D eigenvalue weighted by Gasteiger charge is -2.35. The Morgan fingerprint density at radius 1 is 1.19 bits per heavy atom. The second-order valence-electron chi connectivity index (χ2n) is 6.95. The van der Waals surface area contributed by atoms with Crippen molar-refractivity contribution in [2.75, 3.05) is 6.54 Å². The monoisotopic (exact) mass is 383 g/mol. The van der Waals surface area contributed by atoms with Crippen molar-refractivity contribution in [3.05, 3.63) is 70.8 Å². The predicted molar refractivity (Wildman–Crippen MR) is 104 cm³/mol. The molecule has 3 heterocycles. The molecular formula is C20H22ClN5O. The first kappa shape index (κ1) is 17.8. The summed E-state index contributed by atoms with van der Waals surface area (Å²) in [5.41, 5.74) is 2.62. The summed E-state index contributed by atoms with van der Waals surface area (Å²) in [7, 11) is 1.89. The van der Waals surface area contributed by atoms with E-state index >= 15 is 0 Å². The molecule has 0 N–H and O–H groups in total. The highest BCUT2D eigenvalue weighted by Crippen LogP contribution is 2.33. The van der Waals surface area contributed by atoms with Gasteiger partial charge in [-0.3, -0.25) is 9.48 Å². The molecule has 1 atom stereocenters. The fraction of sp³-hybridized carbons (Fsp3) is 0.350. The van der Waals surface area contributed by atoms with Crippen LogP contribution in [0.4, 0.5) is 0 Å². The Bertz CT molecular complexity index is 933. The number of aryl methyl sites for hydroxylation is 1. The lowest BCUT2D eigenvalue weighted by atomic mass is 9.97. The van der Waals surface area contributed by atoms with Crippen molar-refractivity contribution >= 4 is 17.5 Å².